The van der Waals surface area contributed by atoms with Crippen LogP contribution in [-0.2, 0) is 14.3 Å². The fourth-order valence-corrected chi connectivity index (χ4v) is 2.78. The fraction of sp³-hybridized carbons (Fsp3) is 0.857. The lowest BCUT2D eigenvalue weighted by Gasteiger charge is -2.24. The fourth-order valence-electron chi connectivity index (χ4n) is 2.78. The molecule has 1 unspecified atom stereocenters. The number of amides is 2. The summed E-state index contributed by atoms with van der Waals surface area (Å²) in [4.78, 5) is 25.5. The van der Waals surface area contributed by atoms with Crippen molar-refractivity contribution in [3.63, 3.8) is 0 Å². The molecule has 1 saturated carbocycles. The second-order valence-corrected chi connectivity index (χ2v) is 5.38. The van der Waals surface area contributed by atoms with Crippen LogP contribution in [0.4, 0.5) is 0 Å². The highest BCUT2D eigenvalue weighted by Crippen LogP contribution is 2.20. The van der Waals surface area contributed by atoms with Gasteiger partial charge in [0.25, 0.3) is 0 Å². The molecule has 1 N–H and O–H groups in total. The van der Waals surface area contributed by atoms with Crippen LogP contribution in [0.2, 0.25) is 0 Å². The predicted molar refractivity (Wildman–Crippen MR) is 71.6 cm³/mol. The van der Waals surface area contributed by atoms with Gasteiger partial charge in [-0.15, -0.1) is 0 Å². The standard InChI is InChI=1S/C14H24N2O3/c1-2-12-14(18)16(8-7-13(17)15-12)9-10-19-11-5-3-4-6-11/h11-12H,2-10H2,1H3,(H,15,17). The molecule has 1 saturated heterocycles. The van der Waals surface area contributed by atoms with E-state index in [4.69, 9.17) is 4.74 Å². The van der Waals surface area contributed by atoms with Crippen molar-refractivity contribution < 1.29 is 14.3 Å². The molecular formula is C14H24N2O3. The number of hydrogen-bond acceptors (Lipinski definition) is 3. The van der Waals surface area contributed by atoms with Crippen LogP contribution in [-0.4, -0.2) is 48.6 Å². The molecule has 1 heterocycles. The highest BCUT2D eigenvalue weighted by Gasteiger charge is 2.28. The molecule has 0 aromatic carbocycles. The van der Waals surface area contributed by atoms with E-state index < -0.39 is 0 Å². The SMILES string of the molecule is CCC1NC(=O)CCN(CCOC2CCCC2)C1=O. The maximum Gasteiger partial charge on any atom is 0.245 e. The Balaban J connectivity index is 1.80. The van der Waals surface area contributed by atoms with Gasteiger partial charge in [0.15, 0.2) is 0 Å². The van der Waals surface area contributed by atoms with Crippen LogP contribution in [0.1, 0.15) is 45.4 Å². The largest absolute Gasteiger partial charge is 0.376 e. The number of nitrogens with one attached hydrogen (secondary N) is 1. The monoisotopic (exact) mass is 268 g/mol. The van der Waals surface area contributed by atoms with E-state index in [0.29, 0.717) is 38.6 Å². The Hall–Kier alpha value is -1.10. The third kappa shape index (κ3) is 3.93. The Bertz CT molecular complexity index is 327. The predicted octanol–water partition coefficient (Wildman–Crippen LogP) is 1.07. The highest BCUT2D eigenvalue weighted by molar-refractivity contribution is 5.89. The van der Waals surface area contributed by atoms with Crippen molar-refractivity contribution in [2.45, 2.75) is 57.6 Å². The molecule has 1 aliphatic carbocycles. The normalized spacial score (nSPS) is 25.5. The van der Waals surface area contributed by atoms with Crippen molar-refractivity contribution in [2.75, 3.05) is 19.7 Å². The molecule has 2 fully saturated rings. The zero-order chi connectivity index (χ0) is 13.7. The van der Waals surface area contributed by atoms with E-state index in [2.05, 4.69) is 5.32 Å². The van der Waals surface area contributed by atoms with Gasteiger partial charge in [-0.2, -0.15) is 0 Å². The minimum atomic E-state index is -0.360. The second-order valence-electron chi connectivity index (χ2n) is 5.38. The van der Waals surface area contributed by atoms with Crippen LogP contribution < -0.4 is 5.32 Å². The van der Waals surface area contributed by atoms with E-state index in [1.54, 1.807) is 4.90 Å². The summed E-state index contributed by atoms with van der Waals surface area (Å²) < 4.78 is 5.79. The first-order chi connectivity index (χ1) is 9.20. The summed E-state index contributed by atoms with van der Waals surface area (Å²) in [5, 5.41) is 2.77. The van der Waals surface area contributed by atoms with Crippen LogP contribution in [0.5, 0.6) is 0 Å². The Labute approximate surface area is 114 Å². The molecule has 5 nitrogen and oxygen atoms in total. The minimum absolute atomic E-state index is 0.0283. The summed E-state index contributed by atoms with van der Waals surface area (Å²) in [5.41, 5.74) is 0. The third-order valence-electron chi connectivity index (χ3n) is 3.98. The summed E-state index contributed by atoms with van der Waals surface area (Å²) in [7, 11) is 0. The van der Waals surface area contributed by atoms with Crippen LogP contribution in [0, 0.1) is 0 Å². The quantitative estimate of drug-likeness (QED) is 0.811. The van der Waals surface area contributed by atoms with E-state index in [1.807, 2.05) is 6.92 Å². The van der Waals surface area contributed by atoms with Crippen LogP contribution in [0.15, 0.2) is 0 Å². The Morgan fingerprint density at radius 3 is 2.74 bits per heavy atom. The van der Waals surface area contributed by atoms with Gasteiger partial charge in [0.05, 0.1) is 12.7 Å². The van der Waals surface area contributed by atoms with Gasteiger partial charge in [-0.3, -0.25) is 9.59 Å². The van der Waals surface area contributed by atoms with Gasteiger partial charge in [0.2, 0.25) is 11.8 Å². The first-order valence-electron chi connectivity index (χ1n) is 7.40. The molecule has 0 radical (unpaired) electrons. The number of rotatable bonds is 5. The third-order valence-corrected chi connectivity index (χ3v) is 3.98. The van der Waals surface area contributed by atoms with Gasteiger partial charge < -0.3 is 15.0 Å². The molecule has 2 aliphatic rings. The van der Waals surface area contributed by atoms with Gasteiger partial charge >= 0.3 is 0 Å². The summed E-state index contributed by atoms with van der Waals surface area (Å²) in [6, 6.07) is -0.360. The summed E-state index contributed by atoms with van der Waals surface area (Å²) >= 11 is 0. The van der Waals surface area contributed by atoms with Gasteiger partial charge in [0, 0.05) is 19.5 Å². The maximum atomic E-state index is 12.2. The molecule has 0 aromatic rings. The lowest BCUT2D eigenvalue weighted by molar-refractivity contribution is -0.134. The van der Waals surface area contributed by atoms with Crippen molar-refractivity contribution in [3.8, 4) is 0 Å². The summed E-state index contributed by atoms with van der Waals surface area (Å²) in [6.45, 7) is 3.61. The Morgan fingerprint density at radius 1 is 1.32 bits per heavy atom. The molecule has 0 aromatic heterocycles. The van der Waals surface area contributed by atoms with E-state index in [9.17, 15) is 9.59 Å². The first kappa shape index (κ1) is 14.3. The molecule has 5 heteroatoms. The molecule has 1 aliphatic heterocycles. The van der Waals surface area contributed by atoms with Crippen LogP contribution in [0.25, 0.3) is 0 Å². The van der Waals surface area contributed by atoms with Crippen molar-refractivity contribution in [1.82, 2.24) is 10.2 Å². The average Bonchev–Trinajstić information content (AvgIpc) is 2.87. The number of carbonyl (C=O) groups is 2. The number of hydrogen-bond donors (Lipinski definition) is 1. The van der Waals surface area contributed by atoms with Gasteiger partial charge in [-0.1, -0.05) is 19.8 Å². The van der Waals surface area contributed by atoms with Crippen molar-refractivity contribution in [2.24, 2.45) is 0 Å². The summed E-state index contributed by atoms with van der Waals surface area (Å²) in [6.07, 6.45) is 6.21. The van der Waals surface area contributed by atoms with Crippen molar-refractivity contribution in [3.05, 3.63) is 0 Å². The second kappa shape index (κ2) is 6.89. The van der Waals surface area contributed by atoms with E-state index in [0.717, 1.165) is 12.8 Å². The summed E-state index contributed by atoms with van der Waals surface area (Å²) in [5.74, 6) is 0.00258. The van der Waals surface area contributed by atoms with Gasteiger partial charge in [-0.25, -0.2) is 0 Å². The van der Waals surface area contributed by atoms with E-state index >= 15 is 0 Å². The zero-order valence-corrected chi connectivity index (χ0v) is 11.7. The highest BCUT2D eigenvalue weighted by atomic mass is 16.5. The lowest BCUT2D eigenvalue weighted by atomic mass is 10.2. The van der Waals surface area contributed by atoms with Crippen molar-refractivity contribution in [1.29, 1.82) is 0 Å². The lowest BCUT2D eigenvalue weighted by Crippen LogP contribution is -2.45. The molecular weight excluding hydrogens is 244 g/mol. The maximum absolute atomic E-state index is 12.2. The molecule has 2 rings (SSSR count). The molecule has 108 valence electrons. The molecule has 0 spiro atoms. The van der Waals surface area contributed by atoms with Crippen LogP contribution >= 0.6 is 0 Å². The first-order valence-corrected chi connectivity index (χ1v) is 7.40. The van der Waals surface area contributed by atoms with Gasteiger partial charge in [-0.05, 0) is 19.3 Å². The zero-order valence-electron chi connectivity index (χ0n) is 11.7. The average molecular weight is 268 g/mol. The molecule has 2 amide bonds. The number of carbonyl (C=O) groups excluding carboxylic acids is 2. The van der Waals surface area contributed by atoms with Crippen LogP contribution in [0.3, 0.4) is 0 Å². The van der Waals surface area contributed by atoms with Gasteiger partial charge in [0.1, 0.15) is 6.04 Å². The smallest absolute Gasteiger partial charge is 0.245 e. The van der Waals surface area contributed by atoms with Crippen molar-refractivity contribution >= 4 is 11.8 Å². The number of ether oxygens (including phenoxy) is 1. The molecule has 1 atom stereocenters. The molecule has 0 bridgehead atoms. The van der Waals surface area contributed by atoms with E-state index in [-0.39, 0.29) is 17.9 Å². The minimum Gasteiger partial charge on any atom is -0.376 e. The Kier molecular flexibility index (Phi) is 5.19. The topological polar surface area (TPSA) is 58.6 Å². The molecule has 19 heavy (non-hydrogen) atoms. The van der Waals surface area contributed by atoms with E-state index in [1.165, 1.54) is 12.8 Å². The number of nitrogens with zero attached hydrogens (tertiary/aromatic N) is 1. The Morgan fingerprint density at radius 2 is 2.05 bits per heavy atom.